The third-order valence-electron chi connectivity index (χ3n) is 6.41. The van der Waals surface area contributed by atoms with Crippen LogP contribution in [0.5, 0.6) is 5.88 Å². The molecule has 2 N–H and O–H groups in total. The number of nitrogen functional groups attached to an aromatic ring is 1. The predicted molar refractivity (Wildman–Crippen MR) is 141 cm³/mol. The molecule has 6 aromatic rings. The molecule has 4 heterocycles. The van der Waals surface area contributed by atoms with E-state index in [1.807, 2.05) is 61.5 Å². The van der Waals surface area contributed by atoms with Gasteiger partial charge in [-0.15, -0.1) is 0 Å². The summed E-state index contributed by atoms with van der Waals surface area (Å²) in [5.41, 5.74) is 9.44. The zero-order valence-corrected chi connectivity index (χ0v) is 20.1. The highest BCUT2D eigenvalue weighted by molar-refractivity contribution is 5.99. The third kappa shape index (κ3) is 3.68. The summed E-state index contributed by atoms with van der Waals surface area (Å²) in [4.78, 5) is 26.1. The Bertz CT molecular complexity index is 1810. The molecule has 37 heavy (non-hydrogen) atoms. The van der Waals surface area contributed by atoms with Crippen LogP contribution >= 0.6 is 0 Å². The summed E-state index contributed by atoms with van der Waals surface area (Å²) in [6.45, 7) is 1.92. The molecular formula is C28H22N6O3. The molecule has 0 saturated carbocycles. The Balaban J connectivity index is 1.62. The molecule has 9 heteroatoms. The molecule has 2 aromatic carbocycles. The Hall–Kier alpha value is -5.05. The van der Waals surface area contributed by atoms with Crippen molar-refractivity contribution in [3.05, 3.63) is 95.4 Å². The van der Waals surface area contributed by atoms with Gasteiger partial charge >= 0.3 is 5.63 Å². The second-order valence-electron chi connectivity index (χ2n) is 8.56. The van der Waals surface area contributed by atoms with Crippen LogP contribution in [0.15, 0.2) is 88.5 Å². The maximum Gasteiger partial charge on any atom is 0.343 e. The fourth-order valence-corrected chi connectivity index (χ4v) is 4.63. The highest BCUT2D eigenvalue weighted by Crippen LogP contribution is 2.38. The lowest BCUT2D eigenvalue weighted by atomic mass is 9.96. The highest BCUT2D eigenvalue weighted by Gasteiger charge is 2.26. The van der Waals surface area contributed by atoms with Gasteiger partial charge in [-0.3, -0.25) is 0 Å². The van der Waals surface area contributed by atoms with Crippen LogP contribution in [0, 0.1) is 0 Å². The SMILES string of the molecule is COc1ccc(-c2nn(C(C)c3oc(=O)c4ccccc4c3-c3ccccc3)c3ncnc(N)c23)cn1. The lowest BCUT2D eigenvalue weighted by Gasteiger charge is -2.18. The van der Waals surface area contributed by atoms with Crippen molar-refractivity contribution < 1.29 is 9.15 Å². The third-order valence-corrected chi connectivity index (χ3v) is 6.41. The van der Waals surface area contributed by atoms with E-state index in [2.05, 4.69) is 15.0 Å². The normalized spacial score (nSPS) is 12.2. The molecule has 0 amide bonds. The summed E-state index contributed by atoms with van der Waals surface area (Å²) < 4.78 is 12.9. The van der Waals surface area contributed by atoms with Gasteiger partial charge in [-0.05, 0) is 24.6 Å². The second-order valence-corrected chi connectivity index (χ2v) is 8.56. The molecule has 1 atom stereocenters. The minimum absolute atomic E-state index is 0.289. The molecule has 1 unspecified atom stereocenters. The maximum atomic E-state index is 13.1. The standard InChI is InChI=1S/C28H22N6O3/c1-16(25-22(17-8-4-3-5-9-17)19-10-6-7-11-20(19)28(35)37-25)34-27-23(26(29)31-15-32-27)24(33-34)18-12-13-21(36-2)30-14-18/h3-16H,1-2H3,(H2,29,31,32). The lowest BCUT2D eigenvalue weighted by molar-refractivity contribution is 0.398. The van der Waals surface area contributed by atoms with E-state index in [-0.39, 0.29) is 5.82 Å². The highest BCUT2D eigenvalue weighted by atomic mass is 16.5. The predicted octanol–water partition coefficient (Wildman–Crippen LogP) is 4.86. The summed E-state index contributed by atoms with van der Waals surface area (Å²) in [6, 6.07) is 20.4. The summed E-state index contributed by atoms with van der Waals surface area (Å²) >= 11 is 0. The fraction of sp³-hybridized carbons (Fsp3) is 0.107. The van der Waals surface area contributed by atoms with Gasteiger partial charge < -0.3 is 14.9 Å². The molecule has 0 aliphatic rings. The first-order valence-electron chi connectivity index (χ1n) is 11.7. The van der Waals surface area contributed by atoms with Gasteiger partial charge in [-0.2, -0.15) is 5.10 Å². The van der Waals surface area contributed by atoms with Crippen LogP contribution in [0.2, 0.25) is 0 Å². The van der Waals surface area contributed by atoms with Crippen molar-refractivity contribution in [3.63, 3.8) is 0 Å². The second kappa shape index (κ2) is 8.87. The first-order valence-corrected chi connectivity index (χ1v) is 11.7. The van der Waals surface area contributed by atoms with Crippen LogP contribution < -0.4 is 16.1 Å². The molecule has 0 saturated heterocycles. The summed E-state index contributed by atoms with van der Waals surface area (Å²) in [6.07, 6.45) is 3.06. The minimum atomic E-state index is -0.510. The Kier molecular flexibility index (Phi) is 5.37. The number of aromatic nitrogens is 5. The molecule has 0 aliphatic carbocycles. The van der Waals surface area contributed by atoms with Crippen molar-refractivity contribution >= 4 is 27.6 Å². The van der Waals surface area contributed by atoms with Gasteiger partial charge in [0.25, 0.3) is 0 Å². The van der Waals surface area contributed by atoms with Crippen LogP contribution in [-0.4, -0.2) is 31.8 Å². The zero-order valence-electron chi connectivity index (χ0n) is 20.1. The van der Waals surface area contributed by atoms with E-state index in [0.29, 0.717) is 33.8 Å². The zero-order chi connectivity index (χ0) is 25.5. The topological polar surface area (TPSA) is 122 Å². The number of rotatable bonds is 5. The molecule has 9 nitrogen and oxygen atoms in total. The molecular weight excluding hydrogens is 468 g/mol. The van der Waals surface area contributed by atoms with Crippen LogP contribution in [0.25, 0.3) is 44.2 Å². The summed E-state index contributed by atoms with van der Waals surface area (Å²) in [7, 11) is 1.56. The minimum Gasteiger partial charge on any atom is -0.481 e. The molecule has 0 aliphatic heterocycles. The van der Waals surface area contributed by atoms with E-state index >= 15 is 0 Å². The Labute approximate surface area is 211 Å². The van der Waals surface area contributed by atoms with Gasteiger partial charge in [0.1, 0.15) is 29.6 Å². The summed E-state index contributed by atoms with van der Waals surface area (Å²) in [5, 5.41) is 6.79. The number of hydrogen-bond acceptors (Lipinski definition) is 8. The van der Waals surface area contributed by atoms with Gasteiger partial charge in [0.2, 0.25) is 5.88 Å². The molecule has 182 valence electrons. The van der Waals surface area contributed by atoms with Crippen molar-refractivity contribution in [2.24, 2.45) is 0 Å². The van der Waals surface area contributed by atoms with Gasteiger partial charge in [0.05, 0.1) is 17.9 Å². The van der Waals surface area contributed by atoms with Crippen molar-refractivity contribution in [1.29, 1.82) is 0 Å². The molecule has 0 fully saturated rings. The monoisotopic (exact) mass is 490 g/mol. The molecule has 4 aromatic heterocycles. The Morgan fingerprint density at radius 2 is 1.68 bits per heavy atom. The number of fused-ring (bicyclic) bond motifs is 2. The van der Waals surface area contributed by atoms with Crippen molar-refractivity contribution in [2.75, 3.05) is 12.8 Å². The van der Waals surface area contributed by atoms with E-state index in [1.165, 1.54) is 6.33 Å². The number of ether oxygens (including phenoxy) is 1. The fourth-order valence-electron chi connectivity index (χ4n) is 4.63. The van der Waals surface area contributed by atoms with Crippen LogP contribution in [0.3, 0.4) is 0 Å². The Morgan fingerprint density at radius 3 is 2.41 bits per heavy atom. The van der Waals surface area contributed by atoms with Crippen molar-refractivity contribution in [1.82, 2.24) is 24.7 Å². The molecule has 6 rings (SSSR count). The number of anilines is 1. The number of methoxy groups -OCH3 is 1. The van der Waals surface area contributed by atoms with Crippen molar-refractivity contribution in [2.45, 2.75) is 13.0 Å². The van der Waals surface area contributed by atoms with E-state index in [1.54, 1.807) is 30.1 Å². The molecule has 0 radical (unpaired) electrons. The summed E-state index contributed by atoms with van der Waals surface area (Å²) in [5.74, 6) is 1.24. The number of benzene rings is 2. The average Bonchev–Trinajstić information content (AvgIpc) is 3.34. The van der Waals surface area contributed by atoms with E-state index in [4.69, 9.17) is 20.0 Å². The smallest absolute Gasteiger partial charge is 0.343 e. The first kappa shape index (κ1) is 22.4. The molecule has 0 spiro atoms. The van der Waals surface area contributed by atoms with E-state index < -0.39 is 11.7 Å². The quantitative estimate of drug-likeness (QED) is 0.363. The van der Waals surface area contributed by atoms with Crippen molar-refractivity contribution in [3.8, 4) is 28.3 Å². The van der Waals surface area contributed by atoms with E-state index in [0.717, 1.165) is 22.1 Å². The number of nitrogens with zero attached hydrogens (tertiary/aromatic N) is 5. The number of pyridine rings is 1. The van der Waals surface area contributed by atoms with Gasteiger partial charge in [-0.1, -0.05) is 48.5 Å². The van der Waals surface area contributed by atoms with Crippen LogP contribution in [-0.2, 0) is 0 Å². The largest absolute Gasteiger partial charge is 0.481 e. The van der Waals surface area contributed by atoms with Gasteiger partial charge in [0, 0.05) is 28.8 Å². The number of nitrogens with two attached hydrogens (primary N) is 1. The van der Waals surface area contributed by atoms with Crippen LogP contribution in [0.1, 0.15) is 18.7 Å². The van der Waals surface area contributed by atoms with Gasteiger partial charge in [0.15, 0.2) is 5.65 Å². The van der Waals surface area contributed by atoms with E-state index in [9.17, 15) is 4.79 Å². The maximum absolute atomic E-state index is 13.1. The van der Waals surface area contributed by atoms with Gasteiger partial charge in [-0.25, -0.2) is 24.4 Å². The van der Waals surface area contributed by atoms with Crippen LogP contribution in [0.4, 0.5) is 5.82 Å². The number of hydrogen-bond donors (Lipinski definition) is 1. The average molecular weight is 491 g/mol. The molecule has 0 bridgehead atoms. The first-order chi connectivity index (χ1) is 18.1. The Morgan fingerprint density at radius 1 is 0.919 bits per heavy atom. The lowest BCUT2D eigenvalue weighted by Crippen LogP contribution is -2.14.